The van der Waals surface area contributed by atoms with E-state index in [2.05, 4.69) is 22.5 Å². The smallest absolute Gasteiger partial charge is 0.124 e. The number of benzene rings is 2. The Morgan fingerprint density at radius 1 is 0.950 bits per heavy atom. The second kappa shape index (κ2) is 5.53. The Kier molecular flexibility index (Phi) is 3.58. The Morgan fingerprint density at radius 3 is 2.30 bits per heavy atom. The number of hydrogen-bond acceptors (Lipinski definition) is 3. The highest BCUT2D eigenvalue weighted by atomic mass is 32.1. The van der Waals surface area contributed by atoms with Gasteiger partial charge in [0, 0.05) is 22.1 Å². The van der Waals surface area contributed by atoms with Crippen molar-refractivity contribution in [3.05, 3.63) is 65.5 Å². The van der Waals surface area contributed by atoms with E-state index < -0.39 is 0 Å². The molecule has 20 heavy (non-hydrogen) atoms. The van der Waals surface area contributed by atoms with Gasteiger partial charge in [0.2, 0.25) is 0 Å². The van der Waals surface area contributed by atoms with Crippen LogP contribution in [0.4, 0.5) is 0 Å². The molecule has 0 fully saturated rings. The van der Waals surface area contributed by atoms with Crippen LogP contribution in [0.1, 0.15) is 5.56 Å². The van der Waals surface area contributed by atoms with Crippen molar-refractivity contribution in [3.8, 4) is 21.8 Å². The normalized spacial score (nSPS) is 10.4. The van der Waals surface area contributed by atoms with Crippen LogP contribution in [0.15, 0.2) is 60.0 Å². The molecule has 0 aliphatic carbocycles. The van der Waals surface area contributed by atoms with Crippen LogP contribution in [0.25, 0.3) is 21.8 Å². The van der Waals surface area contributed by atoms with E-state index in [0.717, 1.165) is 27.4 Å². The molecular weight excluding hydrogens is 284 g/mol. The molecule has 0 unspecified atom stereocenters. The van der Waals surface area contributed by atoms with E-state index in [0.29, 0.717) is 4.99 Å². The van der Waals surface area contributed by atoms with E-state index in [-0.39, 0.29) is 0 Å². The fraction of sp³-hybridized carbons (Fsp3) is 0. The lowest BCUT2D eigenvalue weighted by atomic mass is 10.1. The van der Waals surface area contributed by atoms with Crippen LogP contribution in [-0.4, -0.2) is 9.97 Å². The first-order chi connectivity index (χ1) is 9.74. The third-order valence-electron chi connectivity index (χ3n) is 2.99. The van der Waals surface area contributed by atoms with Gasteiger partial charge in [0.25, 0.3) is 0 Å². The summed E-state index contributed by atoms with van der Waals surface area (Å²) in [6, 6.07) is 18.0. The fourth-order valence-corrected chi connectivity index (χ4v) is 2.90. The van der Waals surface area contributed by atoms with Crippen LogP contribution in [-0.2, 0) is 0 Å². The molecule has 0 radical (unpaired) electrons. The number of thiazole rings is 1. The molecule has 0 saturated heterocycles. The van der Waals surface area contributed by atoms with Crippen molar-refractivity contribution in [2.75, 3.05) is 0 Å². The average molecular weight is 296 g/mol. The molecule has 0 saturated carbocycles. The summed E-state index contributed by atoms with van der Waals surface area (Å²) in [5, 5.41) is 3.09. The molecule has 0 spiro atoms. The lowest BCUT2D eigenvalue weighted by Crippen LogP contribution is -2.08. The lowest BCUT2D eigenvalue weighted by Gasteiger charge is -2.00. The molecule has 0 amide bonds. The van der Waals surface area contributed by atoms with Gasteiger partial charge >= 0.3 is 0 Å². The van der Waals surface area contributed by atoms with Crippen LogP contribution in [0.3, 0.4) is 0 Å². The van der Waals surface area contributed by atoms with Gasteiger partial charge in [-0.1, -0.05) is 66.8 Å². The Bertz CT molecular complexity index is 731. The topological polar surface area (TPSA) is 38.9 Å². The molecule has 0 aliphatic rings. The number of nitrogens with two attached hydrogens (primary N) is 1. The van der Waals surface area contributed by atoms with Gasteiger partial charge < -0.3 is 5.73 Å². The molecule has 4 heteroatoms. The van der Waals surface area contributed by atoms with E-state index in [1.165, 1.54) is 0 Å². The summed E-state index contributed by atoms with van der Waals surface area (Å²) in [5.41, 5.74) is 9.67. The minimum Gasteiger partial charge on any atom is -0.389 e. The minimum atomic E-state index is 0.416. The zero-order valence-electron chi connectivity index (χ0n) is 10.6. The highest BCUT2D eigenvalue weighted by Crippen LogP contribution is 2.28. The summed E-state index contributed by atoms with van der Waals surface area (Å²) in [5.74, 6) is 0. The third-order valence-corrected chi connectivity index (χ3v) is 4.12. The van der Waals surface area contributed by atoms with Gasteiger partial charge in [0.15, 0.2) is 0 Å². The maximum atomic E-state index is 5.60. The molecule has 1 heterocycles. The van der Waals surface area contributed by atoms with Crippen molar-refractivity contribution >= 4 is 28.5 Å². The van der Waals surface area contributed by atoms with E-state index in [1.807, 2.05) is 42.5 Å². The van der Waals surface area contributed by atoms with Crippen LogP contribution < -0.4 is 5.73 Å². The molecule has 0 bridgehead atoms. The highest BCUT2D eigenvalue weighted by Gasteiger charge is 2.06. The first-order valence-corrected chi connectivity index (χ1v) is 7.44. The quantitative estimate of drug-likeness (QED) is 0.739. The maximum absolute atomic E-state index is 5.60. The predicted molar refractivity (Wildman–Crippen MR) is 88.9 cm³/mol. The molecule has 98 valence electrons. The second-order valence-corrected chi connectivity index (χ2v) is 5.64. The number of thiocarbonyl (C=S) groups is 1. The monoisotopic (exact) mass is 296 g/mol. The Labute approximate surface area is 126 Å². The summed E-state index contributed by atoms with van der Waals surface area (Å²) in [7, 11) is 0. The minimum absolute atomic E-state index is 0.416. The number of aromatic nitrogens is 1. The largest absolute Gasteiger partial charge is 0.389 e. The predicted octanol–water partition coefficient (Wildman–Crippen LogP) is 4.11. The summed E-state index contributed by atoms with van der Waals surface area (Å²) < 4.78 is 0. The van der Waals surface area contributed by atoms with Crippen molar-refractivity contribution in [2.45, 2.75) is 0 Å². The summed E-state index contributed by atoms with van der Waals surface area (Å²) in [4.78, 5) is 5.10. The SMILES string of the molecule is NC(=S)c1ccc(-c2csc(-c3ccccc3)n2)cc1. The van der Waals surface area contributed by atoms with E-state index in [4.69, 9.17) is 18.0 Å². The van der Waals surface area contributed by atoms with Crippen LogP contribution >= 0.6 is 23.6 Å². The van der Waals surface area contributed by atoms with Gasteiger partial charge in [0.05, 0.1) is 5.69 Å². The van der Waals surface area contributed by atoms with Gasteiger partial charge in [-0.2, -0.15) is 0 Å². The second-order valence-electron chi connectivity index (χ2n) is 4.35. The molecule has 1 aromatic heterocycles. The third kappa shape index (κ3) is 2.61. The first kappa shape index (κ1) is 13.0. The molecule has 2 nitrogen and oxygen atoms in total. The molecule has 0 aliphatic heterocycles. The lowest BCUT2D eigenvalue weighted by molar-refractivity contribution is 1.40. The van der Waals surface area contributed by atoms with Crippen LogP contribution in [0.2, 0.25) is 0 Å². The number of hydrogen-bond donors (Lipinski definition) is 1. The van der Waals surface area contributed by atoms with Gasteiger partial charge in [0.1, 0.15) is 10.00 Å². The standard InChI is InChI=1S/C16H12N2S2/c17-15(19)12-8-6-11(7-9-12)14-10-20-16(18-14)13-4-2-1-3-5-13/h1-10H,(H2,17,19). The molecule has 0 atom stereocenters. The van der Waals surface area contributed by atoms with E-state index in [1.54, 1.807) is 11.3 Å². The Balaban J connectivity index is 1.92. The molecule has 2 aromatic carbocycles. The first-order valence-electron chi connectivity index (χ1n) is 6.15. The Morgan fingerprint density at radius 2 is 1.65 bits per heavy atom. The zero-order chi connectivity index (χ0) is 13.9. The van der Waals surface area contributed by atoms with E-state index in [9.17, 15) is 0 Å². The van der Waals surface area contributed by atoms with Crippen molar-refractivity contribution in [3.63, 3.8) is 0 Å². The maximum Gasteiger partial charge on any atom is 0.124 e. The summed E-state index contributed by atoms with van der Waals surface area (Å²) >= 11 is 6.60. The summed E-state index contributed by atoms with van der Waals surface area (Å²) in [6.07, 6.45) is 0. The average Bonchev–Trinajstić information content (AvgIpc) is 2.98. The molecule has 2 N–H and O–H groups in total. The van der Waals surface area contributed by atoms with Gasteiger partial charge in [-0.05, 0) is 0 Å². The number of nitrogens with zero attached hydrogens (tertiary/aromatic N) is 1. The highest BCUT2D eigenvalue weighted by molar-refractivity contribution is 7.80. The number of rotatable bonds is 3. The summed E-state index contributed by atoms with van der Waals surface area (Å²) in [6.45, 7) is 0. The molecule has 3 rings (SSSR count). The van der Waals surface area contributed by atoms with E-state index >= 15 is 0 Å². The van der Waals surface area contributed by atoms with Crippen LogP contribution in [0, 0.1) is 0 Å². The molecule has 3 aromatic rings. The van der Waals surface area contributed by atoms with Crippen molar-refractivity contribution < 1.29 is 0 Å². The van der Waals surface area contributed by atoms with Gasteiger partial charge in [-0.25, -0.2) is 4.98 Å². The van der Waals surface area contributed by atoms with Crippen molar-refractivity contribution in [2.24, 2.45) is 5.73 Å². The van der Waals surface area contributed by atoms with Crippen LogP contribution in [0.5, 0.6) is 0 Å². The fourth-order valence-electron chi connectivity index (χ4n) is 1.92. The molecular formula is C16H12N2S2. The van der Waals surface area contributed by atoms with Crippen molar-refractivity contribution in [1.29, 1.82) is 0 Å². The Hall–Kier alpha value is -2.04. The van der Waals surface area contributed by atoms with Gasteiger partial charge in [-0.3, -0.25) is 0 Å². The zero-order valence-corrected chi connectivity index (χ0v) is 12.2. The van der Waals surface area contributed by atoms with Crippen molar-refractivity contribution in [1.82, 2.24) is 4.98 Å². The van der Waals surface area contributed by atoms with Gasteiger partial charge in [-0.15, -0.1) is 11.3 Å².